The molecule has 1 atom stereocenters. The minimum absolute atomic E-state index is 0.135. The summed E-state index contributed by atoms with van der Waals surface area (Å²) in [7, 11) is 1.44. The number of carbonyl (C=O) groups excluding carboxylic acids is 1. The number of nitrogens with two attached hydrogens (primary N) is 1. The third-order valence-electron chi connectivity index (χ3n) is 3.23. The topological polar surface area (TPSA) is 55.6 Å². The Morgan fingerprint density at radius 1 is 1.47 bits per heavy atom. The average molecular weight is 234 g/mol. The van der Waals surface area contributed by atoms with E-state index in [4.69, 9.17) is 10.5 Å². The molecule has 0 spiro atoms. The molecule has 1 heterocycles. The number of hydrogen-bond donors (Lipinski definition) is 1. The molecule has 0 amide bonds. The number of anilines is 1. The van der Waals surface area contributed by atoms with E-state index >= 15 is 0 Å². The van der Waals surface area contributed by atoms with E-state index in [1.165, 1.54) is 7.11 Å². The summed E-state index contributed by atoms with van der Waals surface area (Å²) >= 11 is 0. The smallest absolute Gasteiger partial charge is 0.328 e. The molecule has 0 saturated carbocycles. The summed E-state index contributed by atoms with van der Waals surface area (Å²) in [4.78, 5) is 13.7. The highest BCUT2D eigenvalue weighted by Crippen LogP contribution is 2.26. The van der Waals surface area contributed by atoms with Crippen LogP contribution in [0.5, 0.6) is 0 Å². The first kappa shape index (κ1) is 11.9. The van der Waals surface area contributed by atoms with Gasteiger partial charge in [-0.05, 0) is 30.5 Å². The molecule has 2 rings (SSSR count). The van der Waals surface area contributed by atoms with E-state index in [1.54, 1.807) is 0 Å². The number of benzene rings is 1. The molecule has 4 heteroatoms. The van der Waals surface area contributed by atoms with Crippen molar-refractivity contribution in [1.29, 1.82) is 0 Å². The lowest BCUT2D eigenvalue weighted by Gasteiger charge is -2.24. The molecule has 4 nitrogen and oxygen atoms in total. The third kappa shape index (κ3) is 2.42. The van der Waals surface area contributed by atoms with E-state index in [2.05, 4.69) is 4.90 Å². The van der Waals surface area contributed by atoms with Crippen molar-refractivity contribution in [3.8, 4) is 0 Å². The van der Waals surface area contributed by atoms with Gasteiger partial charge in [0.2, 0.25) is 0 Å². The van der Waals surface area contributed by atoms with Gasteiger partial charge in [-0.15, -0.1) is 0 Å². The van der Waals surface area contributed by atoms with E-state index in [1.807, 2.05) is 24.3 Å². The van der Waals surface area contributed by atoms with Crippen molar-refractivity contribution in [2.75, 3.05) is 18.6 Å². The van der Waals surface area contributed by atoms with Crippen LogP contribution in [0.3, 0.4) is 0 Å². The van der Waals surface area contributed by atoms with Crippen molar-refractivity contribution in [3.63, 3.8) is 0 Å². The van der Waals surface area contributed by atoms with Crippen molar-refractivity contribution < 1.29 is 9.53 Å². The van der Waals surface area contributed by atoms with Gasteiger partial charge < -0.3 is 15.4 Å². The number of esters is 1. The van der Waals surface area contributed by atoms with Gasteiger partial charge in [-0.25, -0.2) is 4.79 Å². The first-order chi connectivity index (χ1) is 8.26. The van der Waals surface area contributed by atoms with Crippen LogP contribution < -0.4 is 10.6 Å². The lowest BCUT2D eigenvalue weighted by Crippen LogP contribution is -2.36. The van der Waals surface area contributed by atoms with E-state index in [0.717, 1.165) is 30.6 Å². The lowest BCUT2D eigenvalue weighted by molar-refractivity contribution is -0.141. The van der Waals surface area contributed by atoms with Crippen LogP contribution in [0.2, 0.25) is 0 Å². The molecule has 1 aliphatic rings. The van der Waals surface area contributed by atoms with Crippen molar-refractivity contribution in [3.05, 3.63) is 29.8 Å². The second-order valence-corrected chi connectivity index (χ2v) is 4.25. The molecule has 0 bridgehead atoms. The average Bonchev–Trinajstić information content (AvgIpc) is 2.87. The first-order valence-corrected chi connectivity index (χ1v) is 5.89. The Bertz CT molecular complexity index is 389. The predicted octanol–water partition coefficient (Wildman–Crippen LogP) is 1.29. The molecule has 1 fully saturated rings. The van der Waals surface area contributed by atoms with Gasteiger partial charge in [0, 0.05) is 18.8 Å². The van der Waals surface area contributed by atoms with Crippen LogP contribution in [0, 0.1) is 0 Å². The van der Waals surface area contributed by atoms with Gasteiger partial charge in [-0.1, -0.05) is 12.1 Å². The molecular formula is C13H18N2O2. The van der Waals surface area contributed by atoms with Crippen LogP contribution in [0.1, 0.15) is 18.4 Å². The SMILES string of the molecule is COC(=O)[C@H]1CCCN1c1ccc(CN)cc1. The Labute approximate surface area is 101 Å². The fourth-order valence-corrected chi connectivity index (χ4v) is 2.28. The molecule has 0 aromatic heterocycles. The number of methoxy groups -OCH3 is 1. The fourth-order valence-electron chi connectivity index (χ4n) is 2.28. The van der Waals surface area contributed by atoms with Crippen molar-refractivity contribution in [1.82, 2.24) is 0 Å². The first-order valence-electron chi connectivity index (χ1n) is 5.89. The van der Waals surface area contributed by atoms with E-state index < -0.39 is 0 Å². The molecule has 0 unspecified atom stereocenters. The van der Waals surface area contributed by atoms with Crippen LogP contribution in [-0.2, 0) is 16.1 Å². The summed E-state index contributed by atoms with van der Waals surface area (Å²) in [6.07, 6.45) is 1.89. The zero-order chi connectivity index (χ0) is 12.3. The van der Waals surface area contributed by atoms with Crippen molar-refractivity contribution in [2.45, 2.75) is 25.4 Å². The van der Waals surface area contributed by atoms with Crippen LogP contribution in [-0.4, -0.2) is 25.7 Å². The van der Waals surface area contributed by atoms with Gasteiger partial charge in [0.25, 0.3) is 0 Å². The standard InChI is InChI=1S/C13H18N2O2/c1-17-13(16)12-3-2-8-15(12)11-6-4-10(9-14)5-7-11/h4-7,12H,2-3,8-9,14H2,1H3/t12-/m1/s1. The summed E-state index contributed by atoms with van der Waals surface area (Å²) in [6.45, 7) is 1.45. The third-order valence-corrected chi connectivity index (χ3v) is 3.23. The van der Waals surface area contributed by atoms with Crippen molar-refractivity contribution >= 4 is 11.7 Å². The maximum Gasteiger partial charge on any atom is 0.328 e. The molecule has 92 valence electrons. The molecule has 1 aliphatic heterocycles. The van der Waals surface area contributed by atoms with Crippen LogP contribution in [0.25, 0.3) is 0 Å². The molecule has 0 aliphatic carbocycles. The summed E-state index contributed by atoms with van der Waals surface area (Å²) < 4.78 is 4.83. The molecule has 0 radical (unpaired) electrons. The summed E-state index contributed by atoms with van der Waals surface area (Å²) in [5.74, 6) is -0.148. The van der Waals surface area contributed by atoms with Crippen molar-refractivity contribution in [2.24, 2.45) is 5.73 Å². The van der Waals surface area contributed by atoms with Gasteiger partial charge in [0.1, 0.15) is 6.04 Å². The zero-order valence-corrected chi connectivity index (χ0v) is 10.1. The van der Waals surface area contributed by atoms with Gasteiger partial charge in [-0.3, -0.25) is 0 Å². The minimum Gasteiger partial charge on any atom is -0.467 e. The second kappa shape index (κ2) is 5.19. The van der Waals surface area contributed by atoms with Gasteiger partial charge in [0.05, 0.1) is 7.11 Å². The monoisotopic (exact) mass is 234 g/mol. The van der Waals surface area contributed by atoms with Crippen LogP contribution in [0.15, 0.2) is 24.3 Å². The van der Waals surface area contributed by atoms with Crippen LogP contribution in [0.4, 0.5) is 5.69 Å². The summed E-state index contributed by atoms with van der Waals surface area (Å²) in [6, 6.07) is 7.90. The summed E-state index contributed by atoms with van der Waals surface area (Å²) in [5.41, 5.74) is 7.73. The molecule has 1 saturated heterocycles. The van der Waals surface area contributed by atoms with E-state index in [-0.39, 0.29) is 12.0 Å². The van der Waals surface area contributed by atoms with Gasteiger partial charge in [0.15, 0.2) is 0 Å². The Kier molecular flexibility index (Phi) is 3.64. The molecule has 2 N–H and O–H groups in total. The summed E-state index contributed by atoms with van der Waals surface area (Å²) in [5, 5.41) is 0. The molecule has 17 heavy (non-hydrogen) atoms. The Hall–Kier alpha value is -1.55. The zero-order valence-electron chi connectivity index (χ0n) is 10.1. The Balaban J connectivity index is 2.17. The lowest BCUT2D eigenvalue weighted by atomic mass is 10.1. The largest absolute Gasteiger partial charge is 0.467 e. The number of rotatable bonds is 3. The van der Waals surface area contributed by atoms with Gasteiger partial charge >= 0.3 is 5.97 Å². The Morgan fingerprint density at radius 3 is 2.76 bits per heavy atom. The molecule has 1 aromatic carbocycles. The van der Waals surface area contributed by atoms with E-state index in [0.29, 0.717) is 6.54 Å². The fraction of sp³-hybridized carbons (Fsp3) is 0.462. The maximum atomic E-state index is 11.6. The number of ether oxygens (including phenoxy) is 1. The Morgan fingerprint density at radius 2 is 2.18 bits per heavy atom. The number of hydrogen-bond acceptors (Lipinski definition) is 4. The molecule has 1 aromatic rings. The van der Waals surface area contributed by atoms with Gasteiger partial charge in [-0.2, -0.15) is 0 Å². The highest BCUT2D eigenvalue weighted by atomic mass is 16.5. The predicted molar refractivity (Wildman–Crippen MR) is 66.7 cm³/mol. The normalized spacial score (nSPS) is 19.4. The maximum absolute atomic E-state index is 11.6. The number of carbonyl (C=O) groups is 1. The quantitative estimate of drug-likeness (QED) is 0.801. The minimum atomic E-state index is -0.148. The highest BCUT2D eigenvalue weighted by Gasteiger charge is 2.31. The highest BCUT2D eigenvalue weighted by molar-refractivity contribution is 5.80. The molecular weight excluding hydrogens is 216 g/mol. The number of nitrogens with zero attached hydrogens (tertiary/aromatic N) is 1. The van der Waals surface area contributed by atoms with E-state index in [9.17, 15) is 4.79 Å². The second-order valence-electron chi connectivity index (χ2n) is 4.25. The van der Waals surface area contributed by atoms with Crippen LogP contribution >= 0.6 is 0 Å².